The molecule has 0 bridgehead atoms. The topological polar surface area (TPSA) is 144 Å². The molecule has 1 N–H and O–H groups in total. The number of hydrogen-bond acceptors (Lipinski definition) is 10. The van der Waals surface area contributed by atoms with E-state index < -0.39 is 38.0 Å². The van der Waals surface area contributed by atoms with Crippen LogP contribution in [-0.2, 0) is 31.6 Å². The summed E-state index contributed by atoms with van der Waals surface area (Å²) in [4.78, 5) is 12.3. The van der Waals surface area contributed by atoms with Gasteiger partial charge in [0.1, 0.15) is 18.1 Å². The van der Waals surface area contributed by atoms with E-state index in [1.165, 1.54) is 55.6 Å². The van der Waals surface area contributed by atoms with Crippen LogP contribution in [0, 0.1) is 0 Å². The van der Waals surface area contributed by atoms with E-state index >= 15 is 0 Å². The highest BCUT2D eigenvalue weighted by atomic mass is 32.2. The second kappa shape index (κ2) is 13.8. The third-order valence-electron chi connectivity index (χ3n) is 6.29. The molecule has 0 aromatic heterocycles. The Hall–Kier alpha value is -4.96. The summed E-state index contributed by atoms with van der Waals surface area (Å²) in [7, 11) is -5.56. The lowest BCUT2D eigenvalue weighted by molar-refractivity contribution is -0.167. The molecule has 0 aliphatic rings. The van der Waals surface area contributed by atoms with Gasteiger partial charge >= 0.3 is 32.3 Å². The second-order valence-corrected chi connectivity index (χ2v) is 13.0. The predicted molar refractivity (Wildman–Crippen MR) is 167 cm³/mol. The van der Waals surface area contributed by atoms with Crippen LogP contribution in [0.3, 0.4) is 0 Å². The number of anilines is 1. The van der Waals surface area contributed by atoms with E-state index in [2.05, 4.69) is 0 Å². The number of halogens is 3. The van der Waals surface area contributed by atoms with E-state index in [1.54, 1.807) is 30.3 Å². The molecule has 0 atom stereocenters. The van der Waals surface area contributed by atoms with Crippen LogP contribution in [0.5, 0.6) is 28.7 Å². The van der Waals surface area contributed by atoms with Crippen molar-refractivity contribution in [3.8, 4) is 51.0 Å². The number of rotatable bonds is 12. The van der Waals surface area contributed by atoms with Crippen molar-refractivity contribution >= 4 is 31.8 Å². The zero-order valence-corrected chi connectivity index (χ0v) is 26.9. The van der Waals surface area contributed by atoms with Gasteiger partial charge in [-0.3, -0.25) is 4.79 Å². The van der Waals surface area contributed by atoms with Crippen molar-refractivity contribution in [1.82, 2.24) is 0 Å². The van der Waals surface area contributed by atoms with Crippen LogP contribution in [-0.4, -0.2) is 55.7 Å². The summed E-state index contributed by atoms with van der Waals surface area (Å²) in [6.07, 6.45) is -3.65. The zero-order chi connectivity index (χ0) is 34.6. The molecular formula is C31H28F3NO10S2. The fourth-order valence-electron chi connectivity index (χ4n) is 4.43. The van der Waals surface area contributed by atoms with Gasteiger partial charge in [-0.25, -0.2) is 0 Å². The number of carbonyl (C=O) groups excluding carboxylic acids is 1. The summed E-state index contributed by atoms with van der Waals surface area (Å²) < 4.78 is 115. The molecule has 0 spiro atoms. The molecule has 0 aliphatic heterocycles. The molecule has 0 saturated carbocycles. The maximum absolute atomic E-state index is 13.6. The van der Waals surface area contributed by atoms with Gasteiger partial charge in [0.05, 0.1) is 38.0 Å². The molecule has 0 unspecified atom stereocenters. The van der Waals surface area contributed by atoms with E-state index in [4.69, 9.17) is 22.6 Å². The van der Waals surface area contributed by atoms with E-state index in [0.29, 0.717) is 5.56 Å². The number of carbonyl (C=O) groups is 1. The molecule has 1 amide bonds. The number of nitrogens with one attached hydrogen (secondary N) is 1. The van der Waals surface area contributed by atoms with Crippen molar-refractivity contribution in [2.75, 3.05) is 32.0 Å². The maximum Gasteiger partial charge on any atom is 0.471 e. The number of amides is 1. The summed E-state index contributed by atoms with van der Waals surface area (Å²) in [5, 5.41) is 1.86. The Morgan fingerprint density at radius 1 is 0.745 bits per heavy atom. The molecule has 11 nitrogen and oxygen atoms in total. The van der Waals surface area contributed by atoms with E-state index in [-0.39, 0.29) is 52.0 Å². The molecule has 4 rings (SSSR count). The van der Waals surface area contributed by atoms with Gasteiger partial charge in [0, 0.05) is 5.56 Å². The number of methoxy groups -OCH3 is 2. The molecule has 16 heteroatoms. The lowest BCUT2D eigenvalue weighted by Gasteiger charge is -2.23. The van der Waals surface area contributed by atoms with Gasteiger partial charge in [0.25, 0.3) is 0 Å². The van der Waals surface area contributed by atoms with Crippen LogP contribution < -0.4 is 27.9 Å². The number of alkyl halides is 3. The lowest BCUT2D eigenvalue weighted by atomic mass is 9.95. The average Bonchev–Trinajstić information content (AvgIpc) is 2.98. The van der Waals surface area contributed by atoms with Crippen LogP contribution in [0.15, 0.2) is 78.9 Å². The minimum atomic E-state index is -5.31. The molecule has 0 heterocycles. The van der Waals surface area contributed by atoms with Crippen molar-refractivity contribution < 1.29 is 57.4 Å². The highest BCUT2D eigenvalue weighted by Gasteiger charge is 2.40. The minimum Gasteiger partial charge on any atom is -0.496 e. The summed E-state index contributed by atoms with van der Waals surface area (Å²) in [6, 6.07) is 19.8. The third-order valence-corrected chi connectivity index (χ3v) is 7.26. The minimum absolute atomic E-state index is 0.00265. The lowest BCUT2D eigenvalue weighted by Crippen LogP contribution is -2.30. The third kappa shape index (κ3) is 9.07. The largest absolute Gasteiger partial charge is 0.496 e. The van der Waals surface area contributed by atoms with Crippen molar-refractivity contribution in [3.05, 3.63) is 84.4 Å². The maximum atomic E-state index is 13.6. The fourth-order valence-corrected chi connectivity index (χ4v) is 5.35. The number of benzene rings is 4. The van der Waals surface area contributed by atoms with Crippen LogP contribution in [0.2, 0.25) is 0 Å². The van der Waals surface area contributed by atoms with Gasteiger partial charge in [-0.2, -0.15) is 30.0 Å². The molecule has 4 aromatic carbocycles. The Balaban J connectivity index is 1.93. The highest BCUT2D eigenvalue weighted by molar-refractivity contribution is 7.86. The van der Waals surface area contributed by atoms with E-state index in [9.17, 15) is 34.8 Å². The first-order chi connectivity index (χ1) is 22.0. The standard InChI is InChI=1S/C31H28F3NO10S2/c1-41-26-17-23(20-10-13-22(14-11-20)44-46(3,37)38)29(42-2)28(35-30(36)31(32,33)34)27(26)21-12-15-24(25(16-21)45-47(4,39)40)43-18-19-8-6-5-7-9-19/h5-17H,18H2,1-4H3,(H,35,36). The molecule has 0 fully saturated rings. The Morgan fingerprint density at radius 2 is 1.36 bits per heavy atom. The van der Waals surface area contributed by atoms with Crippen LogP contribution in [0.4, 0.5) is 18.9 Å². The quantitative estimate of drug-likeness (QED) is 0.181. The first-order valence-corrected chi connectivity index (χ1v) is 17.0. The molecule has 0 aliphatic carbocycles. The SMILES string of the molecule is COc1cc(-c2ccc(OS(C)(=O)=O)cc2)c(OC)c(NC(=O)C(F)(F)F)c1-c1ccc(OCc2ccccc2)c(OS(C)(=O)=O)c1. The number of hydrogen-bond donors (Lipinski definition) is 1. The molecule has 47 heavy (non-hydrogen) atoms. The average molecular weight is 696 g/mol. The summed E-state index contributed by atoms with van der Waals surface area (Å²) >= 11 is 0. The normalized spacial score (nSPS) is 11.8. The molecule has 250 valence electrons. The first kappa shape index (κ1) is 34.9. The fraction of sp³-hybridized carbons (Fsp3) is 0.194. The van der Waals surface area contributed by atoms with Gasteiger partial charge in [0.15, 0.2) is 17.2 Å². The van der Waals surface area contributed by atoms with Crippen LogP contribution in [0.1, 0.15) is 5.56 Å². The molecule has 4 aromatic rings. The van der Waals surface area contributed by atoms with E-state index in [1.807, 2.05) is 5.32 Å². The Morgan fingerprint density at radius 3 is 1.91 bits per heavy atom. The summed E-state index contributed by atoms with van der Waals surface area (Å²) in [5.74, 6) is -2.94. The van der Waals surface area contributed by atoms with E-state index in [0.717, 1.165) is 25.2 Å². The summed E-state index contributed by atoms with van der Waals surface area (Å²) in [6.45, 7) is 0.0348. The van der Waals surface area contributed by atoms with Crippen LogP contribution >= 0.6 is 0 Å². The monoisotopic (exact) mass is 695 g/mol. The highest BCUT2D eigenvalue weighted by Crippen LogP contribution is 2.50. The van der Waals surface area contributed by atoms with Gasteiger partial charge < -0.3 is 27.9 Å². The Labute approximate surface area is 269 Å². The number of ether oxygens (including phenoxy) is 3. The van der Waals surface area contributed by atoms with Crippen molar-refractivity contribution in [3.63, 3.8) is 0 Å². The van der Waals surface area contributed by atoms with Crippen molar-refractivity contribution in [1.29, 1.82) is 0 Å². The predicted octanol–water partition coefficient (Wildman–Crippen LogP) is 5.79. The zero-order valence-electron chi connectivity index (χ0n) is 25.2. The van der Waals surface area contributed by atoms with Gasteiger partial charge in [-0.1, -0.05) is 48.5 Å². The van der Waals surface area contributed by atoms with Gasteiger partial charge in [0.2, 0.25) is 0 Å². The van der Waals surface area contributed by atoms with Crippen molar-refractivity contribution in [2.24, 2.45) is 0 Å². The van der Waals surface area contributed by atoms with Crippen molar-refractivity contribution in [2.45, 2.75) is 12.8 Å². The van der Waals surface area contributed by atoms with Crippen LogP contribution in [0.25, 0.3) is 22.3 Å². The molecule has 0 saturated heterocycles. The van der Waals surface area contributed by atoms with Gasteiger partial charge in [-0.15, -0.1) is 0 Å². The first-order valence-electron chi connectivity index (χ1n) is 13.4. The Kier molecular flexibility index (Phi) is 10.3. The smallest absolute Gasteiger partial charge is 0.471 e. The molecular weight excluding hydrogens is 667 g/mol. The Bertz CT molecular complexity index is 1980. The van der Waals surface area contributed by atoms with Gasteiger partial charge in [-0.05, 0) is 47.0 Å². The second-order valence-electron chi connectivity index (χ2n) is 9.90. The molecule has 0 radical (unpaired) electrons. The summed E-state index contributed by atoms with van der Waals surface area (Å²) in [5.41, 5.74) is 0.705.